The van der Waals surface area contributed by atoms with Gasteiger partial charge in [0, 0.05) is 87.4 Å². The summed E-state index contributed by atoms with van der Waals surface area (Å²) in [6.45, 7) is 0. The van der Waals surface area contributed by atoms with Crippen molar-refractivity contribution in [1.82, 2.24) is 18.3 Å². The first kappa shape index (κ1) is 57.4. The summed E-state index contributed by atoms with van der Waals surface area (Å²) in [6, 6.07) is 131. The molecule has 0 spiro atoms. The molecule has 6 heterocycles. The molecule has 0 radical (unpaired) electrons. The summed E-state index contributed by atoms with van der Waals surface area (Å²) < 4.78 is 22.5. The van der Waals surface area contributed by atoms with E-state index in [-0.39, 0.29) is 0 Å². The summed E-state index contributed by atoms with van der Waals surface area (Å²) >= 11 is 0. The minimum absolute atomic E-state index is 0.909. The third-order valence-corrected chi connectivity index (χ3v) is 21.0. The van der Waals surface area contributed by atoms with Gasteiger partial charge in [0.05, 0.1) is 44.1 Å². The van der Waals surface area contributed by atoms with Crippen molar-refractivity contribution >= 4 is 131 Å². The molecular formula is C96H60N4O2. The van der Waals surface area contributed by atoms with E-state index in [0.717, 1.165) is 72.1 Å². The number of rotatable bonds is 8. The number of hydrogen-bond donors (Lipinski definition) is 0. The Morgan fingerprint density at radius 1 is 0.137 bits per heavy atom. The fraction of sp³-hybridized carbons (Fsp3) is 0. The van der Waals surface area contributed by atoms with Gasteiger partial charge in [0.25, 0.3) is 0 Å². The average Bonchev–Trinajstić information content (AvgIpc) is 1.55. The van der Waals surface area contributed by atoms with Crippen molar-refractivity contribution in [1.29, 1.82) is 0 Å². The van der Waals surface area contributed by atoms with Crippen LogP contribution in [0.5, 0.6) is 0 Å². The molecule has 22 aromatic rings. The molecule has 6 aromatic heterocycles. The molecule has 16 aromatic carbocycles. The Morgan fingerprint density at radius 3 is 0.912 bits per heavy atom. The molecule has 0 saturated carbocycles. The number of fused-ring (bicyclic) bond motifs is 18. The van der Waals surface area contributed by atoms with Gasteiger partial charge in [-0.15, -0.1) is 0 Å². The molecule has 0 saturated heterocycles. The molecule has 0 unspecified atom stereocenters. The highest BCUT2D eigenvalue weighted by Crippen LogP contribution is 2.46. The first-order valence-corrected chi connectivity index (χ1v) is 34.9. The maximum absolute atomic E-state index is 6.41. The van der Waals surface area contributed by atoms with E-state index >= 15 is 0 Å². The van der Waals surface area contributed by atoms with Crippen molar-refractivity contribution < 1.29 is 8.83 Å². The van der Waals surface area contributed by atoms with Crippen LogP contribution in [0.2, 0.25) is 0 Å². The molecule has 0 aliphatic carbocycles. The standard InChI is InChI=1S/2C48H30N2O/c1-3-12-31(13-4-1)33-14-11-15-34(26-33)32-22-24-36(25-23-32)49-43-20-9-7-18-37(43)39-27-40-41-29-48-42(38-19-8-10-21-47(38)51-48)28-44(41)50(46(40)30-45(39)49)35-16-5-2-6-17-35;1-3-12-31(13-4-1)32-22-24-33(25-23-32)34-14-11-17-36(26-34)50-43-20-9-7-18-37(43)39-27-40-41-29-48-42(38-19-8-10-21-47(38)51-48)28-44(41)49(46(40)30-45(39)50)35-15-5-2-6-16-35/h2*1-30H. The van der Waals surface area contributed by atoms with E-state index in [4.69, 9.17) is 8.83 Å². The first-order valence-electron chi connectivity index (χ1n) is 34.9. The van der Waals surface area contributed by atoms with E-state index in [2.05, 4.69) is 370 Å². The van der Waals surface area contributed by atoms with Gasteiger partial charge in [-0.3, -0.25) is 0 Å². The van der Waals surface area contributed by atoms with E-state index in [1.54, 1.807) is 0 Å². The van der Waals surface area contributed by atoms with Crippen molar-refractivity contribution in [3.63, 3.8) is 0 Å². The Kier molecular flexibility index (Phi) is 12.9. The molecule has 476 valence electrons. The van der Waals surface area contributed by atoms with Crippen molar-refractivity contribution in [2.45, 2.75) is 0 Å². The van der Waals surface area contributed by atoms with Crippen LogP contribution in [0.1, 0.15) is 0 Å². The lowest BCUT2D eigenvalue weighted by Gasteiger charge is -2.12. The number of nitrogens with zero attached hydrogens (tertiary/aromatic N) is 4. The van der Waals surface area contributed by atoms with Crippen LogP contribution in [-0.4, -0.2) is 18.3 Å². The van der Waals surface area contributed by atoms with Gasteiger partial charge >= 0.3 is 0 Å². The molecule has 0 N–H and O–H groups in total. The maximum Gasteiger partial charge on any atom is 0.136 e. The molecule has 102 heavy (non-hydrogen) atoms. The van der Waals surface area contributed by atoms with E-state index < -0.39 is 0 Å². The molecule has 22 rings (SSSR count). The Labute approximate surface area is 585 Å². The molecule has 0 amide bonds. The zero-order valence-corrected chi connectivity index (χ0v) is 55.2. The minimum atomic E-state index is 0.909. The van der Waals surface area contributed by atoms with Crippen LogP contribution in [-0.2, 0) is 0 Å². The predicted molar refractivity (Wildman–Crippen MR) is 427 cm³/mol. The van der Waals surface area contributed by atoms with Gasteiger partial charge in [-0.2, -0.15) is 0 Å². The zero-order chi connectivity index (χ0) is 66.9. The van der Waals surface area contributed by atoms with Crippen LogP contribution in [0.3, 0.4) is 0 Å². The smallest absolute Gasteiger partial charge is 0.136 e. The van der Waals surface area contributed by atoms with Crippen molar-refractivity contribution in [2.24, 2.45) is 0 Å². The van der Waals surface area contributed by atoms with Crippen LogP contribution in [0.4, 0.5) is 0 Å². The summed E-state index contributed by atoms with van der Waals surface area (Å²) in [5, 5.41) is 14.2. The van der Waals surface area contributed by atoms with Crippen LogP contribution in [0.25, 0.3) is 198 Å². The van der Waals surface area contributed by atoms with Crippen LogP contribution >= 0.6 is 0 Å². The number of furan rings is 2. The lowest BCUT2D eigenvalue weighted by Crippen LogP contribution is -1.96. The molecule has 6 heteroatoms. The van der Waals surface area contributed by atoms with Crippen LogP contribution < -0.4 is 0 Å². The van der Waals surface area contributed by atoms with Gasteiger partial charge in [-0.25, -0.2) is 0 Å². The Hall–Kier alpha value is -13.7. The summed E-state index contributed by atoms with van der Waals surface area (Å²) in [4.78, 5) is 0. The zero-order valence-electron chi connectivity index (χ0n) is 55.2. The largest absolute Gasteiger partial charge is 0.456 e. The Morgan fingerprint density at radius 2 is 0.431 bits per heavy atom. The second kappa shape index (κ2) is 23.0. The summed E-state index contributed by atoms with van der Waals surface area (Å²) in [5.41, 5.74) is 27.2. The van der Waals surface area contributed by atoms with Crippen molar-refractivity contribution in [3.8, 4) is 67.3 Å². The van der Waals surface area contributed by atoms with Gasteiger partial charge < -0.3 is 27.1 Å². The molecule has 6 nitrogen and oxygen atoms in total. The average molecular weight is 1300 g/mol. The highest BCUT2D eigenvalue weighted by atomic mass is 16.3. The first-order chi connectivity index (χ1) is 50.6. The lowest BCUT2D eigenvalue weighted by molar-refractivity contribution is 0.669. The third kappa shape index (κ3) is 9.13. The normalized spacial score (nSPS) is 11.9. The summed E-state index contributed by atoms with van der Waals surface area (Å²) in [7, 11) is 0. The van der Waals surface area contributed by atoms with E-state index in [1.165, 1.54) is 126 Å². The predicted octanol–water partition coefficient (Wildman–Crippen LogP) is 26.2. The fourth-order valence-corrected chi connectivity index (χ4v) is 16.3. The van der Waals surface area contributed by atoms with E-state index in [1.807, 2.05) is 12.1 Å². The Bertz CT molecular complexity index is 7070. The van der Waals surface area contributed by atoms with Gasteiger partial charge in [0.15, 0.2) is 0 Å². The highest BCUT2D eigenvalue weighted by Gasteiger charge is 2.24. The van der Waals surface area contributed by atoms with E-state index in [9.17, 15) is 0 Å². The van der Waals surface area contributed by atoms with Gasteiger partial charge in [0.2, 0.25) is 0 Å². The Balaban J connectivity index is 0.000000133. The number of aromatic nitrogens is 4. The maximum atomic E-state index is 6.41. The molecule has 0 fully saturated rings. The second-order valence-electron chi connectivity index (χ2n) is 26.7. The molecule has 0 bridgehead atoms. The summed E-state index contributed by atoms with van der Waals surface area (Å²) in [6.07, 6.45) is 0. The highest BCUT2D eigenvalue weighted by molar-refractivity contribution is 6.24. The van der Waals surface area contributed by atoms with Crippen LogP contribution in [0, 0.1) is 0 Å². The van der Waals surface area contributed by atoms with Gasteiger partial charge in [0.1, 0.15) is 22.3 Å². The second-order valence-corrected chi connectivity index (χ2v) is 26.7. The number of para-hydroxylation sites is 6. The van der Waals surface area contributed by atoms with Crippen molar-refractivity contribution in [2.75, 3.05) is 0 Å². The van der Waals surface area contributed by atoms with Crippen molar-refractivity contribution in [3.05, 3.63) is 364 Å². The fourth-order valence-electron chi connectivity index (χ4n) is 16.3. The number of hydrogen-bond acceptors (Lipinski definition) is 2. The lowest BCUT2D eigenvalue weighted by atomic mass is 9.99. The van der Waals surface area contributed by atoms with E-state index in [0.29, 0.717) is 0 Å². The number of benzene rings is 16. The quantitative estimate of drug-likeness (QED) is 0.152. The topological polar surface area (TPSA) is 46.0 Å². The molecular weight excluding hydrogens is 1240 g/mol. The SMILES string of the molecule is c1ccc(-c2ccc(-c3cccc(-n4c5ccccc5c5cc6c7cc8oc9ccccc9c8cc7n(-c7ccccc7)c6cc54)c3)cc2)cc1.c1ccc(-c2cccc(-c3ccc(-n4c5ccccc5c5cc6c7cc8oc9ccccc9c8cc7n(-c7ccccc7)c6cc54)cc3)c2)cc1. The van der Waals surface area contributed by atoms with Crippen LogP contribution in [0.15, 0.2) is 373 Å². The molecule has 0 aliphatic rings. The minimum Gasteiger partial charge on any atom is -0.456 e. The monoisotopic (exact) mass is 1300 g/mol. The third-order valence-electron chi connectivity index (χ3n) is 21.0. The summed E-state index contributed by atoms with van der Waals surface area (Å²) in [5.74, 6) is 0. The molecule has 0 aliphatic heterocycles. The van der Waals surface area contributed by atoms with Gasteiger partial charge in [-0.05, 0) is 172 Å². The van der Waals surface area contributed by atoms with Gasteiger partial charge in [-0.1, -0.05) is 237 Å². The molecule has 0 atom stereocenters.